The van der Waals surface area contributed by atoms with Crippen LogP contribution in [0, 0.1) is 6.92 Å². The number of hydrogen-bond acceptors (Lipinski definition) is 6. The summed E-state index contributed by atoms with van der Waals surface area (Å²) in [5, 5.41) is 0. The Morgan fingerprint density at radius 1 is 1.00 bits per heavy atom. The van der Waals surface area contributed by atoms with Gasteiger partial charge in [-0.25, -0.2) is 0 Å². The predicted molar refractivity (Wildman–Crippen MR) is 95.4 cm³/mol. The van der Waals surface area contributed by atoms with E-state index in [0.717, 1.165) is 9.78 Å². The van der Waals surface area contributed by atoms with E-state index in [1.165, 1.54) is 11.3 Å². The van der Waals surface area contributed by atoms with Gasteiger partial charge in [0.05, 0.1) is 29.0 Å². The number of ether oxygens (including phenoxy) is 1. The second-order valence-corrected chi connectivity index (χ2v) is 7.15. The molecule has 2 aromatic rings. The third-order valence-electron chi connectivity index (χ3n) is 4.03. The number of benzene rings is 1. The van der Waals surface area contributed by atoms with Crippen LogP contribution in [0.15, 0.2) is 36.4 Å². The van der Waals surface area contributed by atoms with Crippen LogP contribution in [-0.4, -0.2) is 41.6 Å². The molecule has 1 aliphatic rings. The normalized spacial score (nSPS) is 13.0. The Bertz CT molecular complexity index is 851. The van der Waals surface area contributed by atoms with Gasteiger partial charge in [-0.3, -0.25) is 24.1 Å². The summed E-state index contributed by atoms with van der Waals surface area (Å²) in [5.74, 6) is -1.39. The van der Waals surface area contributed by atoms with Crippen LogP contribution in [0.4, 0.5) is 0 Å². The van der Waals surface area contributed by atoms with E-state index in [2.05, 4.69) is 0 Å². The molecule has 1 aromatic heterocycles. The maximum atomic E-state index is 12.2. The number of hydrogen-bond donors (Lipinski definition) is 0. The average Bonchev–Trinajstić information content (AvgIpc) is 3.17. The minimum atomic E-state index is -0.525. The number of ketones is 1. The van der Waals surface area contributed by atoms with Gasteiger partial charge in [-0.05, 0) is 31.2 Å². The van der Waals surface area contributed by atoms with Crippen molar-refractivity contribution in [1.82, 2.24) is 4.90 Å². The van der Waals surface area contributed by atoms with Crippen LogP contribution in [0.5, 0.6) is 0 Å². The van der Waals surface area contributed by atoms with E-state index in [-0.39, 0.29) is 43.6 Å². The summed E-state index contributed by atoms with van der Waals surface area (Å²) in [6.45, 7) is 1.82. The van der Waals surface area contributed by atoms with E-state index in [1.807, 2.05) is 13.0 Å². The Labute approximate surface area is 154 Å². The van der Waals surface area contributed by atoms with Crippen molar-refractivity contribution in [2.75, 3.05) is 13.2 Å². The van der Waals surface area contributed by atoms with Gasteiger partial charge >= 0.3 is 5.97 Å². The number of aryl methyl sites for hydroxylation is 1. The fourth-order valence-electron chi connectivity index (χ4n) is 2.69. The third-order valence-corrected chi connectivity index (χ3v) is 5.07. The molecule has 1 aromatic carbocycles. The minimum Gasteiger partial charge on any atom is -0.464 e. The Balaban J connectivity index is 1.44. The molecule has 2 amide bonds. The summed E-state index contributed by atoms with van der Waals surface area (Å²) in [5.41, 5.74) is 0.723. The minimum absolute atomic E-state index is 0.00382. The quantitative estimate of drug-likeness (QED) is 0.425. The van der Waals surface area contributed by atoms with E-state index in [4.69, 9.17) is 4.74 Å². The zero-order valence-electron chi connectivity index (χ0n) is 14.2. The Kier molecular flexibility index (Phi) is 5.27. The molecule has 0 N–H and O–H groups in total. The first-order valence-corrected chi connectivity index (χ1v) is 8.99. The van der Waals surface area contributed by atoms with E-state index < -0.39 is 5.97 Å². The van der Waals surface area contributed by atoms with Gasteiger partial charge in [0.15, 0.2) is 5.78 Å². The van der Waals surface area contributed by atoms with E-state index >= 15 is 0 Å². The number of amides is 2. The molecular weight excluding hydrogens is 354 g/mol. The van der Waals surface area contributed by atoms with Gasteiger partial charge in [0, 0.05) is 11.3 Å². The second kappa shape index (κ2) is 7.61. The van der Waals surface area contributed by atoms with Crippen LogP contribution >= 0.6 is 11.3 Å². The molecule has 6 nitrogen and oxygen atoms in total. The zero-order valence-corrected chi connectivity index (χ0v) is 15.0. The highest BCUT2D eigenvalue weighted by atomic mass is 32.1. The highest BCUT2D eigenvalue weighted by Crippen LogP contribution is 2.22. The van der Waals surface area contributed by atoms with Crippen LogP contribution in [-0.2, 0) is 9.53 Å². The standard InChI is InChI=1S/C19H17NO5S/c1-12-6-8-16(26-12)15(21)7-9-17(22)25-11-10-20-18(23)13-4-2-3-5-14(13)19(20)24/h2-6,8H,7,9-11H2,1H3. The lowest BCUT2D eigenvalue weighted by atomic mass is 10.1. The van der Waals surface area contributed by atoms with Crippen molar-refractivity contribution in [2.24, 2.45) is 0 Å². The predicted octanol–water partition coefficient (Wildman–Crippen LogP) is 2.86. The van der Waals surface area contributed by atoms with Crippen LogP contribution < -0.4 is 0 Å². The first kappa shape index (κ1) is 18.0. The Morgan fingerprint density at radius 2 is 1.65 bits per heavy atom. The van der Waals surface area contributed by atoms with Crippen LogP contribution in [0.3, 0.4) is 0 Å². The summed E-state index contributed by atoms with van der Waals surface area (Å²) >= 11 is 1.39. The number of thiophene rings is 1. The molecule has 1 aliphatic heterocycles. The van der Waals surface area contributed by atoms with Crippen molar-refractivity contribution in [3.63, 3.8) is 0 Å². The topological polar surface area (TPSA) is 80.8 Å². The summed E-state index contributed by atoms with van der Waals surface area (Å²) in [6.07, 6.45) is 0.0453. The van der Waals surface area contributed by atoms with Crippen LogP contribution in [0.25, 0.3) is 0 Å². The van der Waals surface area contributed by atoms with E-state index in [0.29, 0.717) is 16.0 Å². The molecule has 0 saturated heterocycles. The molecular formula is C19H17NO5S. The number of fused-ring (bicyclic) bond motifs is 1. The second-order valence-electron chi connectivity index (χ2n) is 5.86. The van der Waals surface area contributed by atoms with Crippen molar-refractivity contribution < 1.29 is 23.9 Å². The average molecular weight is 371 g/mol. The van der Waals surface area contributed by atoms with Gasteiger partial charge < -0.3 is 4.74 Å². The zero-order chi connectivity index (χ0) is 18.7. The third kappa shape index (κ3) is 3.72. The highest BCUT2D eigenvalue weighted by Gasteiger charge is 2.34. The van der Waals surface area contributed by atoms with Gasteiger partial charge in [-0.15, -0.1) is 11.3 Å². The van der Waals surface area contributed by atoms with Gasteiger partial charge in [-0.2, -0.15) is 0 Å². The largest absolute Gasteiger partial charge is 0.464 e. The van der Waals surface area contributed by atoms with Crippen molar-refractivity contribution in [3.05, 3.63) is 57.3 Å². The number of Topliss-reactive ketones (excluding diaryl/α,β-unsaturated/α-hetero) is 1. The van der Waals surface area contributed by atoms with Crippen molar-refractivity contribution in [2.45, 2.75) is 19.8 Å². The SMILES string of the molecule is Cc1ccc(C(=O)CCC(=O)OCCN2C(=O)c3ccccc3C2=O)s1. The molecule has 0 aliphatic carbocycles. The molecule has 0 bridgehead atoms. The lowest BCUT2D eigenvalue weighted by Gasteiger charge is -2.13. The lowest BCUT2D eigenvalue weighted by Crippen LogP contribution is -2.33. The number of carbonyl (C=O) groups is 4. The molecule has 3 rings (SSSR count). The smallest absolute Gasteiger partial charge is 0.306 e. The van der Waals surface area contributed by atoms with Crippen LogP contribution in [0.1, 0.15) is 48.1 Å². The number of carbonyl (C=O) groups excluding carboxylic acids is 4. The number of esters is 1. The van der Waals surface area contributed by atoms with E-state index in [1.54, 1.807) is 30.3 Å². The van der Waals surface area contributed by atoms with E-state index in [9.17, 15) is 19.2 Å². The summed E-state index contributed by atoms with van der Waals surface area (Å²) < 4.78 is 5.06. The molecule has 0 unspecified atom stereocenters. The molecule has 0 atom stereocenters. The summed E-state index contributed by atoms with van der Waals surface area (Å²) in [6, 6.07) is 10.2. The molecule has 7 heteroatoms. The van der Waals surface area contributed by atoms with Gasteiger partial charge in [0.2, 0.25) is 0 Å². The number of imide groups is 1. The van der Waals surface area contributed by atoms with Gasteiger partial charge in [-0.1, -0.05) is 12.1 Å². The van der Waals surface area contributed by atoms with Gasteiger partial charge in [0.25, 0.3) is 11.8 Å². The van der Waals surface area contributed by atoms with Gasteiger partial charge in [0.1, 0.15) is 6.61 Å². The Morgan fingerprint density at radius 3 is 2.23 bits per heavy atom. The fraction of sp³-hybridized carbons (Fsp3) is 0.263. The maximum Gasteiger partial charge on any atom is 0.306 e. The maximum absolute atomic E-state index is 12.2. The molecule has 0 spiro atoms. The fourth-order valence-corrected chi connectivity index (χ4v) is 3.52. The highest BCUT2D eigenvalue weighted by molar-refractivity contribution is 7.14. The first-order valence-electron chi connectivity index (χ1n) is 8.18. The van der Waals surface area contributed by atoms with Crippen LogP contribution in [0.2, 0.25) is 0 Å². The summed E-state index contributed by atoms with van der Waals surface area (Å²) in [7, 11) is 0. The lowest BCUT2D eigenvalue weighted by molar-refractivity contribution is -0.143. The monoisotopic (exact) mass is 371 g/mol. The van der Waals surface area contributed by atoms with Crippen molar-refractivity contribution >= 4 is 34.9 Å². The van der Waals surface area contributed by atoms with Crippen molar-refractivity contribution in [3.8, 4) is 0 Å². The molecule has 0 radical (unpaired) electrons. The molecule has 2 heterocycles. The molecule has 0 saturated carbocycles. The van der Waals surface area contributed by atoms with Crippen molar-refractivity contribution in [1.29, 1.82) is 0 Å². The first-order chi connectivity index (χ1) is 12.5. The summed E-state index contributed by atoms with van der Waals surface area (Å²) in [4.78, 5) is 50.8. The number of nitrogens with zero attached hydrogens (tertiary/aromatic N) is 1. The number of rotatable bonds is 7. The molecule has 134 valence electrons. The molecule has 26 heavy (non-hydrogen) atoms. The Hall–Kier alpha value is -2.80. The molecule has 0 fully saturated rings.